The molecule has 0 spiro atoms. The van der Waals surface area contributed by atoms with Gasteiger partial charge in [0.1, 0.15) is 0 Å². The second kappa shape index (κ2) is 7.70. The van der Waals surface area contributed by atoms with Crippen molar-refractivity contribution in [2.75, 3.05) is 11.2 Å². The lowest BCUT2D eigenvalue weighted by molar-refractivity contribution is -0.116. The highest BCUT2D eigenvalue weighted by Gasteiger charge is 2.15. The van der Waals surface area contributed by atoms with Crippen molar-refractivity contribution in [2.45, 2.75) is 12.8 Å². The molecule has 1 N–H and O–H groups in total. The Hall–Kier alpha value is -2.73. The quantitative estimate of drug-likeness (QED) is 0.690. The largest absolute Gasteiger partial charge is 0.334 e. The molecular weight excluding hydrogens is 328 g/mol. The van der Waals surface area contributed by atoms with E-state index in [2.05, 4.69) is 20.4 Å². The van der Waals surface area contributed by atoms with Gasteiger partial charge in [0.2, 0.25) is 11.7 Å². The predicted molar refractivity (Wildman–Crippen MR) is 91.5 cm³/mol. The first kappa shape index (κ1) is 16.1. The third kappa shape index (κ3) is 3.78. The van der Waals surface area contributed by atoms with Crippen molar-refractivity contribution in [1.82, 2.24) is 15.1 Å². The third-order valence-electron chi connectivity index (χ3n) is 3.31. The van der Waals surface area contributed by atoms with Crippen LogP contribution in [0.1, 0.15) is 12.8 Å². The molecule has 0 aliphatic heterocycles. The van der Waals surface area contributed by atoms with E-state index in [1.54, 1.807) is 24.5 Å². The van der Waals surface area contributed by atoms with Gasteiger partial charge in [0.05, 0.1) is 11.3 Å². The van der Waals surface area contributed by atoms with E-state index in [4.69, 9.17) is 16.1 Å². The molecule has 7 heteroatoms. The van der Waals surface area contributed by atoms with Crippen LogP contribution in [-0.4, -0.2) is 26.9 Å². The Balaban J connectivity index is 1.85. The number of carbonyl (C=O) groups is 1. The fourth-order valence-corrected chi connectivity index (χ4v) is 2.30. The summed E-state index contributed by atoms with van der Waals surface area (Å²) in [6.45, 7) is 0. The van der Waals surface area contributed by atoms with Gasteiger partial charge in [0.25, 0.3) is 5.89 Å². The van der Waals surface area contributed by atoms with E-state index in [-0.39, 0.29) is 5.91 Å². The summed E-state index contributed by atoms with van der Waals surface area (Å²) in [5, 5.41) is 6.83. The fraction of sp³-hybridized carbons (Fsp3) is 0.176. The number of hydrogen-bond donors (Lipinski definition) is 1. The van der Waals surface area contributed by atoms with Crippen LogP contribution in [0.3, 0.4) is 0 Å². The monoisotopic (exact) mass is 342 g/mol. The highest BCUT2D eigenvalue weighted by molar-refractivity contribution is 6.18. The second-order valence-electron chi connectivity index (χ2n) is 5.05. The molecule has 0 atom stereocenters. The van der Waals surface area contributed by atoms with Crippen molar-refractivity contribution in [2.24, 2.45) is 0 Å². The average Bonchev–Trinajstić information content (AvgIpc) is 3.11. The molecule has 0 aliphatic carbocycles. The lowest BCUT2D eigenvalue weighted by atomic mass is 10.1. The molecule has 2 aromatic heterocycles. The van der Waals surface area contributed by atoms with Crippen molar-refractivity contribution in [3.05, 3.63) is 48.8 Å². The number of amides is 1. The van der Waals surface area contributed by atoms with Crippen molar-refractivity contribution < 1.29 is 9.32 Å². The van der Waals surface area contributed by atoms with Gasteiger partial charge in [-0.3, -0.25) is 9.78 Å². The maximum atomic E-state index is 11.9. The number of para-hydroxylation sites is 1. The Morgan fingerprint density at radius 1 is 1.21 bits per heavy atom. The zero-order valence-electron chi connectivity index (χ0n) is 12.8. The standard InChI is InChI=1S/C17H15ClN4O2/c18-9-3-8-15(23)20-14-7-2-1-6-13(14)17-21-16(22-24-17)12-5-4-10-19-11-12/h1-2,4-7,10-11H,3,8-9H2,(H,20,23). The first-order chi connectivity index (χ1) is 11.8. The van der Waals surface area contributed by atoms with Gasteiger partial charge in [0.15, 0.2) is 0 Å². The summed E-state index contributed by atoms with van der Waals surface area (Å²) in [5.41, 5.74) is 2.05. The van der Waals surface area contributed by atoms with Gasteiger partial charge in [0, 0.05) is 30.3 Å². The van der Waals surface area contributed by atoms with Crippen LogP contribution in [0.25, 0.3) is 22.8 Å². The van der Waals surface area contributed by atoms with Crippen LogP contribution < -0.4 is 5.32 Å². The molecule has 6 nitrogen and oxygen atoms in total. The number of benzene rings is 1. The zero-order valence-corrected chi connectivity index (χ0v) is 13.5. The van der Waals surface area contributed by atoms with E-state index in [1.165, 1.54) is 0 Å². The van der Waals surface area contributed by atoms with Gasteiger partial charge >= 0.3 is 0 Å². The van der Waals surface area contributed by atoms with Crippen LogP contribution in [-0.2, 0) is 4.79 Å². The number of nitrogens with zero attached hydrogens (tertiary/aromatic N) is 3. The Labute approximate surface area is 143 Å². The minimum absolute atomic E-state index is 0.102. The number of halogens is 1. The third-order valence-corrected chi connectivity index (χ3v) is 3.58. The normalized spacial score (nSPS) is 10.5. The Bertz CT molecular complexity index is 820. The molecule has 0 unspecified atom stereocenters. The summed E-state index contributed by atoms with van der Waals surface area (Å²) < 4.78 is 5.35. The van der Waals surface area contributed by atoms with Gasteiger partial charge in [-0.15, -0.1) is 11.6 Å². The number of nitrogens with one attached hydrogen (secondary N) is 1. The molecule has 1 aromatic carbocycles. The predicted octanol–water partition coefficient (Wildman–Crippen LogP) is 3.76. The summed E-state index contributed by atoms with van der Waals surface area (Å²) in [6, 6.07) is 10.9. The second-order valence-corrected chi connectivity index (χ2v) is 5.43. The summed E-state index contributed by atoms with van der Waals surface area (Å²) in [4.78, 5) is 20.4. The zero-order chi connectivity index (χ0) is 16.8. The lowest BCUT2D eigenvalue weighted by Gasteiger charge is -2.07. The lowest BCUT2D eigenvalue weighted by Crippen LogP contribution is -2.12. The summed E-state index contributed by atoms with van der Waals surface area (Å²) in [6.07, 6.45) is 4.33. The molecule has 3 aromatic rings. The van der Waals surface area contributed by atoms with Crippen LogP contribution in [0.2, 0.25) is 0 Å². The number of alkyl halides is 1. The molecule has 2 heterocycles. The first-order valence-electron chi connectivity index (χ1n) is 7.47. The van der Waals surface area contributed by atoms with Crippen molar-refractivity contribution in [3.8, 4) is 22.8 Å². The van der Waals surface area contributed by atoms with Crippen LogP contribution in [0, 0.1) is 0 Å². The average molecular weight is 343 g/mol. The number of pyridine rings is 1. The number of anilines is 1. The molecule has 0 saturated carbocycles. The maximum absolute atomic E-state index is 11.9. The maximum Gasteiger partial charge on any atom is 0.260 e. The number of carbonyl (C=O) groups excluding carboxylic acids is 1. The SMILES string of the molecule is O=C(CCCCl)Nc1ccccc1-c1nc(-c2cccnc2)no1. The molecule has 3 rings (SSSR count). The summed E-state index contributed by atoms with van der Waals surface area (Å²) >= 11 is 5.62. The topological polar surface area (TPSA) is 80.9 Å². The highest BCUT2D eigenvalue weighted by atomic mass is 35.5. The van der Waals surface area contributed by atoms with E-state index in [9.17, 15) is 4.79 Å². The summed E-state index contributed by atoms with van der Waals surface area (Å²) in [7, 11) is 0. The Morgan fingerprint density at radius 3 is 2.88 bits per heavy atom. The number of aromatic nitrogens is 3. The van der Waals surface area contributed by atoms with Crippen molar-refractivity contribution in [3.63, 3.8) is 0 Å². The molecular formula is C17H15ClN4O2. The van der Waals surface area contributed by atoms with Crippen molar-refractivity contribution in [1.29, 1.82) is 0 Å². The minimum atomic E-state index is -0.102. The van der Waals surface area contributed by atoms with E-state index in [1.807, 2.05) is 24.3 Å². The molecule has 0 radical (unpaired) electrons. The molecule has 24 heavy (non-hydrogen) atoms. The van der Waals surface area contributed by atoms with Gasteiger partial charge < -0.3 is 9.84 Å². The van der Waals surface area contributed by atoms with Gasteiger partial charge in [-0.05, 0) is 30.7 Å². The van der Waals surface area contributed by atoms with E-state index < -0.39 is 0 Å². The Kier molecular flexibility index (Phi) is 5.18. The molecule has 0 saturated heterocycles. The van der Waals surface area contributed by atoms with E-state index in [0.29, 0.717) is 41.7 Å². The summed E-state index contributed by atoms with van der Waals surface area (Å²) in [5.74, 6) is 1.13. The highest BCUT2D eigenvalue weighted by Crippen LogP contribution is 2.28. The number of hydrogen-bond acceptors (Lipinski definition) is 5. The van der Waals surface area contributed by atoms with Crippen LogP contribution >= 0.6 is 11.6 Å². The molecule has 0 aliphatic rings. The van der Waals surface area contributed by atoms with Gasteiger partial charge in [-0.1, -0.05) is 17.3 Å². The molecule has 0 bridgehead atoms. The smallest absolute Gasteiger partial charge is 0.260 e. The van der Waals surface area contributed by atoms with E-state index in [0.717, 1.165) is 5.56 Å². The van der Waals surface area contributed by atoms with Crippen LogP contribution in [0.4, 0.5) is 5.69 Å². The Morgan fingerprint density at radius 2 is 2.08 bits per heavy atom. The van der Waals surface area contributed by atoms with Gasteiger partial charge in [-0.2, -0.15) is 4.98 Å². The molecule has 0 fully saturated rings. The van der Waals surface area contributed by atoms with E-state index >= 15 is 0 Å². The van der Waals surface area contributed by atoms with Crippen molar-refractivity contribution >= 4 is 23.2 Å². The minimum Gasteiger partial charge on any atom is -0.334 e. The number of rotatable bonds is 6. The van der Waals surface area contributed by atoms with Gasteiger partial charge in [-0.25, -0.2) is 0 Å². The van der Waals surface area contributed by atoms with Crippen LogP contribution in [0.5, 0.6) is 0 Å². The molecule has 122 valence electrons. The first-order valence-corrected chi connectivity index (χ1v) is 8.00. The van der Waals surface area contributed by atoms with Crippen LogP contribution in [0.15, 0.2) is 53.3 Å². The fourth-order valence-electron chi connectivity index (χ4n) is 2.16. The molecule has 1 amide bonds.